The topological polar surface area (TPSA) is 91.0 Å². The summed E-state index contributed by atoms with van der Waals surface area (Å²) in [6, 6.07) is 0.811. The van der Waals surface area contributed by atoms with Crippen molar-refractivity contribution in [2.75, 3.05) is 26.4 Å². The maximum atomic E-state index is 13.1. The summed E-state index contributed by atoms with van der Waals surface area (Å²) in [6.07, 6.45) is 4.72. The first-order chi connectivity index (χ1) is 15.4. The van der Waals surface area contributed by atoms with Crippen LogP contribution in [-0.4, -0.2) is 73.9 Å². The molecule has 0 aromatic carbocycles. The van der Waals surface area contributed by atoms with E-state index in [-0.39, 0.29) is 30.7 Å². The third kappa shape index (κ3) is 7.70. The lowest BCUT2D eigenvalue weighted by atomic mass is 9.77. The Bertz CT molecular complexity index is 694. The van der Waals surface area contributed by atoms with E-state index < -0.39 is 13.6 Å². The van der Waals surface area contributed by atoms with Crippen LogP contribution in [0.1, 0.15) is 59.8 Å². The van der Waals surface area contributed by atoms with E-state index in [4.69, 9.17) is 4.74 Å². The number of carbonyl (C=O) groups excluding carboxylic acids is 3. The Morgan fingerprint density at radius 2 is 1.91 bits per heavy atom. The Morgan fingerprint density at radius 3 is 2.52 bits per heavy atom. The molecule has 3 unspecified atom stereocenters. The van der Waals surface area contributed by atoms with Gasteiger partial charge in [-0.2, -0.15) is 0 Å². The van der Waals surface area contributed by atoms with Gasteiger partial charge >= 0.3 is 12.1 Å². The van der Waals surface area contributed by atoms with Gasteiger partial charge in [0, 0.05) is 33.8 Å². The SMILES string of the molecule is CCCCNC(=O)NC1CCC(CN2C(=O)N(COCC[Si](C)(C)C)C(=O)C2(C)C)C(C)C1. The number of amides is 5. The van der Waals surface area contributed by atoms with Crippen LogP contribution in [0.3, 0.4) is 0 Å². The number of ether oxygens (including phenoxy) is 1. The average molecular weight is 483 g/mol. The van der Waals surface area contributed by atoms with Crippen molar-refractivity contribution < 1.29 is 19.1 Å². The lowest BCUT2D eigenvalue weighted by Gasteiger charge is -2.38. The number of nitrogens with one attached hydrogen (secondary N) is 2. The molecule has 1 heterocycles. The molecular formula is C24H46N4O4Si. The zero-order valence-corrected chi connectivity index (χ0v) is 22.8. The van der Waals surface area contributed by atoms with Crippen molar-refractivity contribution in [2.45, 2.75) is 97.1 Å². The van der Waals surface area contributed by atoms with Crippen molar-refractivity contribution in [3.8, 4) is 0 Å². The van der Waals surface area contributed by atoms with Gasteiger partial charge in [-0.3, -0.25) is 4.79 Å². The molecule has 8 nitrogen and oxygen atoms in total. The van der Waals surface area contributed by atoms with E-state index in [1.807, 2.05) is 13.8 Å². The van der Waals surface area contributed by atoms with Gasteiger partial charge in [-0.25, -0.2) is 14.5 Å². The smallest absolute Gasteiger partial charge is 0.329 e. The number of carbonyl (C=O) groups is 3. The van der Waals surface area contributed by atoms with Crippen LogP contribution in [0.5, 0.6) is 0 Å². The average Bonchev–Trinajstić information content (AvgIpc) is 2.86. The number of nitrogens with zero attached hydrogens (tertiary/aromatic N) is 2. The zero-order valence-electron chi connectivity index (χ0n) is 21.8. The van der Waals surface area contributed by atoms with Gasteiger partial charge in [0.2, 0.25) is 0 Å². The molecule has 0 spiro atoms. The van der Waals surface area contributed by atoms with Gasteiger partial charge in [0.05, 0.1) is 0 Å². The maximum Gasteiger partial charge on any atom is 0.329 e. The quantitative estimate of drug-likeness (QED) is 0.262. The summed E-state index contributed by atoms with van der Waals surface area (Å²) < 4.78 is 5.72. The van der Waals surface area contributed by atoms with E-state index >= 15 is 0 Å². The van der Waals surface area contributed by atoms with E-state index in [2.05, 4.69) is 44.1 Å². The standard InChI is InChI=1S/C24H46N4O4Si/c1-8-9-12-25-22(30)26-20-11-10-19(18(2)15-20)16-28-23(31)27(21(29)24(28,3)4)17-32-13-14-33(5,6)7/h18-20H,8-17H2,1-7H3,(H2,25,26,30). The molecule has 190 valence electrons. The third-order valence-corrected chi connectivity index (χ3v) is 8.74. The van der Waals surface area contributed by atoms with Gasteiger partial charge in [0.25, 0.3) is 5.91 Å². The molecule has 1 aliphatic heterocycles. The molecule has 3 atom stereocenters. The normalized spacial score (nSPS) is 25.5. The van der Waals surface area contributed by atoms with E-state index in [1.54, 1.807) is 4.90 Å². The van der Waals surface area contributed by atoms with Crippen LogP contribution in [0.2, 0.25) is 25.7 Å². The summed E-state index contributed by atoms with van der Waals surface area (Å²) in [5.74, 6) is 0.461. The van der Waals surface area contributed by atoms with Gasteiger partial charge in [-0.1, -0.05) is 39.9 Å². The number of rotatable bonds is 11. The van der Waals surface area contributed by atoms with E-state index in [0.717, 1.165) is 38.1 Å². The molecule has 5 amide bonds. The lowest BCUT2D eigenvalue weighted by molar-refractivity contribution is -0.135. The number of hydrogen-bond donors (Lipinski definition) is 2. The van der Waals surface area contributed by atoms with E-state index in [1.165, 1.54) is 4.90 Å². The van der Waals surface area contributed by atoms with Gasteiger partial charge in [-0.05, 0) is 57.4 Å². The van der Waals surface area contributed by atoms with Gasteiger partial charge in [-0.15, -0.1) is 0 Å². The van der Waals surface area contributed by atoms with Crippen LogP contribution >= 0.6 is 0 Å². The van der Waals surface area contributed by atoms with Crippen molar-refractivity contribution in [1.29, 1.82) is 0 Å². The summed E-state index contributed by atoms with van der Waals surface area (Å²) in [6.45, 7) is 16.6. The Balaban J connectivity index is 1.88. The minimum absolute atomic E-state index is 0.0292. The summed E-state index contributed by atoms with van der Waals surface area (Å²) in [7, 11) is -1.23. The molecule has 0 radical (unpaired) electrons. The molecule has 9 heteroatoms. The predicted molar refractivity (Wildman–Crippen MR) is 134 cm³/mol. The highest BCUT2D eigenvalue weighted by Gasteiger charge is 2.52. The molecule has 0 bridgehead atoms. The first kappa shape index (κ1) is 27.6. The van der Waals surface area contributed by atoms with Crippen LogP contribution in [-0.2, 0) is 9.53 Å². The molecule has 2 N–H and O–H groups in total. The number of hydrogen-bond acceptors (Lipinski definition) is 4. The highest BCUT2D eigenvalue weighted by molar-refractivity contribution is 6.76. The molecule has 2 rings (SSSR count). The molecule has 0 aromatic rings. The summed E-state index contributed by atoms with van der Waals surface area (Å²) >= 11 is 0. The fourth-order valence-corrected chi connectivity index (χ4v) is 5.34. The number of imide groups is 1. The Hall–Kier alpha value is -1.61. The van der Waals surface area contributed by atoms with Crippen LogP contribution in [0.25, 0.3) is 0 Å². The number of urea groups is 2. The molecule has 2 aliphatic rings. The lowest BCUT2D eigenvalue weighted by Crippen LogP contribution is -2.50. The molecule has 1 saturated heterocycles. The number of unbranched alkanes of at least 4 members (excludes halogenated alkanes) is 1. The monoisotopic (exact) mass is 482 g/mol. The molecule has 2 fully saturated rings. The summed E-state index contributed by atoms with van der Waals surface area (Å²) in [5, 5.41) is 6.01. The first-order valence-corrected chi connectivity index (χ1v) is 16.3. The molecule has 1 aliphatic carbocycles. The van der Waals surface area contributed by atoms with Crippen LogP contribution in [0.15, 0.2) is 0 Å². The second-order valence-electron chi connectivity index (χ2n) is 11.5. The van der Waals surface area contributed by atoms with E-state index in [0.29, 0.717) is 31.5 Å². The molecule has 1 saturated carbocycles. The Morgan fingerprint density at radius 1 is 1.21 bits per heavy atom. The van der Waals surface area contributed by atoms with Crippen LogP contribution < -0.4 is 10.6 Å². The fourth-order valence-electron chi connectivity index (χ4n) is 4.58. The second-order valence-corrected chi connectivity index (χ2v) is 17.2. The van der Waals surface area contributed by atoms with E-state index in [9.17, 15) is 14.4 Å². The molecular weight excluding hydrogens is 436 g/mol. The zero-order chi connectivity index (χ0) is 24.8. The van der Waals surface area contributed by atoms with Crippen LogP contribution in [0.4, 0.5) is 9.59 Å². The predicted octanol–water partition coefficient (Wildman–Crippen LogP) is 4.25. The minimum atomic E-state index is -1.23. The Labute approximate surface area is 201 Å². The largest absolute Gasteiger partial charge is 0.361 e. The van der Waals surface area contributed by atoms with Gasteiger partial charge < -0.3 is 20.3 Å². The summed E-state index contributed by atoms with van der Waals surface area (Å²) in [4.78, 5) is 41.2. The van der Waals surface area contributed by atoms with Crippen molar-refractivity contribution in [1.82, 2.24) is 20.4 Å². The van der Waals surface area contributed by atoms with Crippen molar-refractivity contribution >= 4 is 26.0 Å². The Kier molecular flexibility index (Phi) is 9.78. The van der Waals surface area contributed by atoms with Gasteiger partial charge in [0.1, 0.15) is 12.3 Å². The van der Waals surface area contributed by atoms with Crippen molar-refractivity contribution in [3.05, 3.63) is 0 Å². The third-order valence-electron chi connectivity index (χ3n) is 7.04. The van der Waals surface area contributed by atoms with Crippen LogP contribution in [0, 0.1) is 11.8 Å². The minimum Gasteiger partial charge on any atom is -0.361 e. The summed E-state index contributed by atoms with van der Waals surface area (Å²) in [5.41, 5.74) is -0.868. The molecule has 0 aromatic heterocycles. The van der Waals surface area contributed by atoms with Crippen molar-refractivity contribution in [3.63, 3.8) is 0 Å². The fraction of sp³-hybridized carbons (Fsp3) is 0.875. The highest BCUT2D eigenvalue weighted by atomic mass is 28.3. The molecule has 33 heavy (non-hydrogen) atoms. The van der Waals surface area contributed by atoms with Gasteiger partial charge in [0.15, 0.2) is 0 Å². The van der Waals surface area contributed by atoms with Crippen molar-refractivity contribution in [2.24, 2.45) is 11.8 Å². The second kappa shape index (κ2) is 11.7. The first-order valence-electron chi connectivity index (χ1n) is 12.6. The highest BCUT2D eigenvalue weighted by Crippen LogP contribution is 2.35. The maximum absolute atomic E-state index is 13.1.